The molecule has 232 valence electrons. The van der Waals surface area contributed by atoms with Gasteiger partial charge in [-0.05, 0) is 27.7 Å². The van der Waals surface area contributed by atoms with Gasteiger partial charge in [-0.1, -0.05) is 75.6 Å². The molecule has 0 fully saturated rings. The quantitative estimate of drug-likeness (QED) is 0.198. The zero-order valence-electron chi connectivity index (χ0n) is 28.7. The SMILES string of the molecule is CC1=[C-]C(C)C(C)=C1C.CC1=[C-]C(C)C(C)=C1C.Cc1cc2cc[cH-]c2cc1C.Cc1cc2cc[cH-]c2cc1C.[Cl-].[Cl-].[Zr+2].[Zr+2]. The second-order valence-electron chi connectivity index (χ2n) is 11.8. The summed E-state index contributed by atoms with van der Waals surface area (Å²) in [5, 5.41) is 5.42. The summed E-state index contributed by atoms with van der Waals surface area (Å²) in [4.78, 5) is 0. The topological polar surface area (TPSA) is 0 Å². The van der Waals surface area contributed by atoms with Crippen molar-refractivity contribution in [1.82, 2.24) is 0 Å². The maximum Gasteiger partial charge on any atom is 2.00 e. The van der Waals surface area contributed by atoms with Crippen LogP contribution in [0, 0.1) is 51.7 Å². The van der Waals surface area contributed by atoms with Crippen LogP contribution in [-0.2, 0) is 52.4 Å². The Morgan fingerprint density at radius 3 is 1.02 bits per heavy atom. The molecule has 0 heterocycles. The summed E-state index contributed by atoms with van der Waals surface area (Å²) in [7, 11) is 0. The number of aryl methyl sites for hydroxylation is 4. The summed E-state index contributed by atoms with van der Waals surface area (Å²) in [5.74, 6) is 1.12. The molecule has 6 rings (SSSR count). The van der Waals surface area contributed by atoms with Gasteiger partial charge in [0.2, 0.25) is 0 Å². The van der Waals surface area contributed by atoms with Crippen molar-refractivity contribution in [3.63, 3.8) is 0 Å². The van der Waals surface area contributed by atoms with Crippen molar-refractivity contribution >= 4 is 21.5 Å². The molecule has 0 radical (unpaired) electrons. The Morgan fingerprint density at radius 1 is 0.500 bits per heavy atom. The van der Waals surface area contributed by atoms with Crippen molar-refractivity contribution in [3.8, 4) is 0 Å². The van der Waals surface area contributed by atoms with Gasteiger partial charge in [0, 0.05) is 0 Å². The van der Waals surface area contributed by atoms with E-state index in [4.69, 9.17) is 0 Å². The predicted molar refractivity (Wildman–Crippen MR) is 178 cm³/mol. The Morgan fingerprint density at radius 2 is 0.795 bits per heavy atom. The Kier molecular flexibility index (Phi) is 20.8. The van der Waals surface area contributed by atoms with E-state index in [1.807, 2.05) is 0 Å². The molecular formula is C40H48Cl2Zr2-2. The molecule has 44 heavy (non-hydrogen) atoms. The minimum Gasteiger partial charge on any atom is -1.00 e. The third-order valence-electron chi connectivity index (χ3n) is 8.97. The van der Waals surface area contributed by atoms with Gasteiger partial charge in [0.25, 0.3) is 0 Å². The Hall–Kier alpha value is -1.03. The third-order valence-corrected chi connectivity index (χ3v) is 8.97. The molecule has 4 aromatic carbocycles. The van der Waals surface area contributed by atoms with Crippen LogP contribution in [0.25, 0.3) is 21.5 Å². The van der Waals surface area contributed by atoms with Gasteiger partial charge >= 0.3 is 52.4 Å². The number of benzene rings is 2. The van der Waals surface area contributed by atoms with Gasteiger partial charge in [0.05, 0.1) is 0 Å². The summed E-state index contributed by atoms with van der Waals surface area (Å²) >= 11 is 0. The summed E-state index contributed by atoms with van der Waals surface area (Å²) < 4.78 is 0. The van der Waals surface area contributed by atoms with Crippen molar-refractivity contribution in [2.24, 2.45) is 11.8 Å². The van der Waals surface area contributed by atoms with E-state index in [2.05, 4.69) is 156 Å². The Labute approximate surface area is 319 Å². The molecular weight excluding hydrogens is 734 g/mol. The predicted octanol–water partition coefficient (Wildman–Crippen LogP) is 5.80. The van der Waals surface area contributed by atoms with E-state index >= 15 is 0 Å². The molecule has 0 saturated heterocycles. The van der Waals surface area contributed by atoms with Gasteiger partial charge in [-0.15, -0.1) is 71.8 Å². The van der Waals surface area contributed by atoms with E-state index in [9.17, 15) is 0 Å². The standard InChI is InChI=1S/2C11H11.2C9H13.2ClH.2Zr/c2*1-8-6-10-4-3-5-11(10)7-9(8)2;2*1-6-5-7(2)9(4)8(6)3;;;;/h2*3-7H,1-2H3;2*6H,1-4H3;2*1H;;/q4*-1;;;2*+2/p-2. The molecule has 0 N–H and O–H groups in total. The molecule has 0 amide bonds. The van der Waals surface area contributed by atoms with Gasteiger partial charge in [-0.25, -0.2) is 11.1 Å². The van der Waals surface area contributed by atoms with E-state index in [-0.39, 0.29) is 77.2 Å². The van der Waals surface area contributed by atoms with Crippen molar-refractivity contribution in [2.45, 2.75) is 83.1 Å². The number of fused-ring (bicyclic) bond motifs is 2. The first kappa shape index (κ1) is 45.1. The number of halogens is 2. The molecule has 0 saturated carbocycles. The van der Waals surface area contributed by atoms with Crippen molar-refractivity contribution in [3.05, 3.63) is 129 Å². The van der Waals surface area contributed by atoms with Gasteiger partial charge in [0.1, 0.15) is 0 Å². The minimum atomic E-state index is 0. The smallest absolute Gasteiger partial charge is 1.00 e. The van der Waals surface area contributed by atoms with E-state index in [0.717, 1.165) is 0 Å². The van der Waals surface area contributed by atoms with E-state index in [1.54, 1.807) is 0 Å². The molecule has 4 aromatic rings. The average molecular weight is 782 g/mol. The average Bonchev–Trinajstić information content (AvgIpc) is 3.65. The van der Waals surface area contributed by atoms with Crippen LogP contribution < -0.4 is 24.8 Å². The third kappa shape index (κ3) is 11.6. The summed E-state index contributed by atoms with van der Waals surface area (Å²) in [5.41, 5.74) is 14.0. The first-order chi connectivity index (χ1) is 18.8. The maximum absolute atomic E-state index is 3.36. The van der Waals surface area contributed by atoms with Crippen LogP contribution in [0.2, 0.25) is 0 Å². The van der Waals surface area contributed by atoms with Crippen LogP contribution >= 0.6 is 0 Å². The van der Waals surface area contributed by atoms with Crippen molar-refractivity contribution < 1.29 is 77.2 Å². The molecule has 0 bridgehead atoms. The van der Waals surface area contributed by atoms with Crippen LogP contribution in [-0.4, -0.2) is 0 Å². The minimum absolute atomic E-state index is 0. The summed E-state index contributed by atoms with van der Waals surface area (Å²) in [6.45, 7) is 26.0. The fourth-order valence-electron chi connectivity index (χ4n) is 5.13. The normalized spacial score (nSPS) is 16.5. The van der Waals surface area contributed by atoms with E-state index in [1.165, 1.54) is 77.2 Å². The Balaban J connectivity index is 0. The van der Waals surface area contributed by atoms with Crippen LogP contribution in [0.4, 0.5) is 0 Å². The second-order valence-corrected chi connectivity index (χ2v) is 11.8. The summed E-state index contributed by atoms with van der Waals surface area (Å²) in [6.07, 6.45) is 6.72. The molecule has 4 heteroatoms. The zero-order chi connectivity index (χ0) is 29.7. The van der Waals surface area contributed by atoms with Crippen LogP contribution in [0.15, 0.2) is 94.1 Å². The van der Waals surface area contributed by atoms with Gasteiger partial charge in [0.15, 0.2) is 0 Å². The number of hydrogen-bond acceptors (Lipinski definition) is 0. The molecule has 2 atom stereocenters. The van der Waals surface area contributed by atoms with Crippen molar-refractivity contribution in [2.75, 3.05) is 0 Å². The first-order valence-electron chi connectivity index (χ1n) is 14.6. The molecule has 2 aliphatic carbocycles. The van der Waals surface area contributed by atoms with Crippen molar-refractivity contribution in [1.29, 1.82) is 0 Å². The maximum atomic E-state index is 3.36. The molecule has 2 unspecified atom stereocenters. The molecule has 0 nitrogen and oxygen atoms in total. The van der Waals surface area contributed by atoms with E-state index in [0.29, 0.717) is 11.8 Å². The monoisotopic (exact) mass is 778 g/mol. The summed E-state index contributed by atoms with van der Waals surface area (Å²) in [6, 6.07) is 21.8. The molecule has 0 aromatic heterocycles. The van der Waals surface area contributed by atoms with Crippen LogP contribution in [0.1, 0.15) is 77.6 Å². The Bertz CT molecular complexity index is 1430. The number of allylic oxidation sites excluding steroid dienone is 8. The fraction of sp³-hybridized carbons (Fsp3) is 0.350. The van der Waals surface area contributed by atoms with Crippen LogP contribution in [0.5, 0.6) is 0 Å². The van der Waals surface area contributed by atoms with Gasteiger partial charge in [-0.3, -0.25) is 12.2 Å². The largest absolute Gasteiger partial charge is 2.00 e. The molecule has 0 spiro atoms. The molecule has 2 aliphatic rings. The fourth-order valence-corrected chi connectivity index (χ4v) is 5.13. The second kappa shape index (κ2) is 20.3. The van der Waals surface area contributed by atoms with E-state index < -0.39 is 0 Å². The number of hydrogen-bond donors (Lipinski definition) is 0. The first-order valence-corrected chi connectivity index (χ1v) is 14.6. The van der Waals surface area contributed by atoms with Gasteiger partial charge in [-0.2, -0.15) is 46.6 Å². The number of rotatable bonds is 0. The molecule has 0 aliphatic heterocycles. The van der Waals surface area contributed by atoms with Gasteiger partial charge < -0.3 is 24.8 Å². The zero-order valence-corrected chi connectivity index (χ0v) is 35.1. The van der Waals surface area contributed by atoms with Crippen LogP contribution in [0.3, 0.4) is 0 Å².